The molecule has 4 nitrogen and oxygen atoms in total. The summed E-state index contributed by atoms with van der Waals surface area (Å²) in [5.41, 5.74) is 0.778. The molecule has 1 aliphatic carbocycles. The predicted octanol–water partition coefficient (Wildman–Crippen LogP) is 3.13. The van der Waals surface area contributed by atoms with Crippen LogP contribution in [0.2, 0.25) is 0 Å². The molecule has 1 atom stereocenters. The van der Waals surface area contributed by atoms with Crippen molar-refractivity contribution in [1.29, 1.82) is 0 Å². The van der Waals surface area contributed by atoms with Crippen molar-refractivity contribution in [2.45, 2.75) is 57.7 Å². The molecule has 1 aromatic carbocycles. The van der Waals surface area contributed by atoms with Crippen LogP contribution in [0.15, 0.2) is 24.3 Å². The van der Waals surface area contributed by atoms with E-state index in [0.29, 0.717) is 6.04 Å². The third-order valence-electron chi connectivity index (χ3n) is 3.59. The highest BCUT2D eigenvalue weighted by molar-refractivity contribution is 5.75. The summed E-state index contributed by atoms with van der Waals surface area (Å²) in [6, 6.07) is 7.02. The molecule has 1 aliphatic rings. The van der Waals surface area contributed by atoms with Crippen molar-refractivity contribution in [2.24, 2.45) is 0 Å². The number of hydrogen-bond acceptors (Lipinski definition) is 3. The smallest absolute Gasteiger partial charge is 0.325 e. The van der Waals surface area contributed by atoms with E-state index in [2.05, 4.69) is 5.32 Å². The summed E-state index contributed by atoms with van der Waals surface area (Å²) in [6.07, 6.45) is 4.63. The number of aliphatic carboxylic acids is 1. The van der Waals surface area contributed by atoms with Gasteiger partial charge in [0.25, 0.3) is 0 Å². The summed E-state index contributed by atoms with van der Waals surface area (Å²) in [6.45, 7) is 3.94. The normalized spacial score (nSPS) is 17.4. The molecule has 2 N–H and O–H groups in total. The van der Waals surface area contributed by atoms with Crippen molar-refractivity contribution in [2.75, 3.05) is 0 Å². The van der Waals surface area contributed by atoms with Crippen LogP contribution in [0.5, 0.6) is 5.75 Å². The number of rotatable bonds is 6. The Labute approximate surface area is 120 Å². The molecule has 1 unspecified atom stereocenters. The van der Waals surface area contributed by atoms with Gasteiger partial charge in [0.2, 0.25) is 0 Å². The third-order valence-corrected chi connectivity index (χ3v) is 3.59. The van der Waals surface area contributed by atoms with Gasteiger partial charge in [-0.2, -0.15) is 0 Å². The van der Waals surface area contributed by atoms with E-state index in [9.17, 15) is 9.90 Å². The lowest BCUT2D eigenvalue weighted by Gasteiger charge is -2.20. The molecular formula is C16H23NO3. The first-order valence-corrected chi connectivity index (χ1v) is 7.31. The number of carboxylic acid groups (broad SMARTS) is 1. The first kappa shape index (κ1) is 14.9. The third kappa shape index (κ3) is 3.97. The fourth-order valence-corrected chi connectivity index (χ4v) is 2.65. The first-order chi connectivity index (χ1) is 9.56. The number of benzene rings is 1. The van der Waals surface area contributed by atoms with Crippen molar-refractivity contribution in [3.63, 3.8) is 0 Å². The Balaban J connectivity index is 2.06. The van der Waals surface area contributed by atoms with Crippen LogP contribution in [-0.2, 0) is 4.79 Å². The second-order valence-corrected chi connectivity index (χ2v) is 5.65. The van der Waals surface area contributed by atoms with Crippen LogP contribution in [0.1, 0.15) is 51.1 Å². The summed E-state index contributed by atoms with van der Waals surface area (Å²) in [4.78, 5) is 11.5. The Morgan fingerprint density at radius 2 is 1.85 bits per heavy atom. The average Bonchev–Trinajstić information content (AvgIpc) is 2.89. The lowest BCUT2D eigenvalue weighted by atomic mass is 10.1. The molecule has 0 amide bonds. The molecule has 1 saturated carbocycles. The Bertz CT molecular complexity index is 436. The number of carboxylic acids is 1. The first-order valence-electron chi connectivity index (χ1n) is 7.31. The summed E-state index contributed by atoms with van der Waals surface area (Å²) in [7, 11) is 0. The minimum atomic E-state index is -0.825. The fourth-order valence-electron chi connectivity index (χ4n) is 2.65. The Morgan fingerprint density at radius 1 is 1.25 bits per heavy atom. The van der Waals surface area contributed by atoms with E-state index in [0.717, 1.165) is 24.2 Å². The molecule has 0 radical (unpaired) electrons. The van der Waals surface area contributed by atoms with E-state index in [-0.39, 0.29) is 6.10 Å². The maximum atomic E-state index is 11.5. The number of ether oxygens (including phenoxy) is 1. The predicted molar refractivity (Wildman–Crippen MR) is 78.0 cm³/mol. The van der Waals surface area contributed by atoms with Crippen LogP contribution in [0, 0.1) is 0 Å². The van der Waals surface area contributed by atoms with Crippen LogP contribution in [-0.4, -0.2) is 23.2 Å². The highest BCUT2D eigenvalue weighted by atomic mass is 16.5. The topological polar surface area (TPSA) is 58.6 Å². The molecule has 0 aromatic heterocycles. The number of nitrogens with one attached hydrogen (secondary N) is 1. The van der Waals surface area contributed by atoms with Gasteiger partial charge in [-0.05, 0) is 44.4 Å². The van der Waals surface area contributed by atoms with E-state index in [4.69, 9.17) is 4.74 Å². The second kappa shape index (κ2) is 6.75. The molecule has 4 heteroatoms. The summed E-state index contributed by atoms with van der Waals surface area (Å²) < 4.78 is 5.57. The van der Waals surface area contributed by atoms with Crippen LogP contribution < -0.4 is 10.1 Å². The lowest BCUT2D eigenvalue weighted by Crippen LogP contribution is -2.35. The zero-order chi connectivity index (χ0) is 14.5. The molecule has 1 fully saturated rings. The van der Waals surface area contributed by atoms with Gasteiger partial charge in [-0.15, -0.1) is 0 Å². The average molecular weight is 277 g/mol. The summed E-state index contributed by atoms with van der Waals surface area (Å²) in [5.74, 6) is -0.0526. The maximum Gasteiger partial charge on any atom is 0.325 e. The molecule has 0 spiro atoms. The Kier molecular flexibility index (Phi) is 5.01. The Morgan fingerprint density at radius 3 is 2.35 bits per heavy atom. The highest BCUT2D eigenvalue weighted by Gasteiger charge is 2.25. The molecule has 0 saturated heterocycles. The minimum absolute atomic E-state index is 0.118. The van der Waals surface area contributed by atoms with Gasteiger partial charge in [-0.1, -0.05) is 25.0 Å². The van der Waals surface area contributed by atoms with Crippen molar-refractivity contribution < 1.29 is 14.6 Å². The van der Waals surface area contributed by atoms with Gasteiger partial charge in [-0.25, -0.2) is 0 Å². The van der Waals surface area contributed by atoms with Gasteiger partial charge in [0.05, 0.1) is 6.10 Å². The van der Waals surface area contributed by atoms with Gasteiger partial charge in [-0.3, -0.25) is 10.1 Å². The number of hydrogen-bond donors (Lipinski definition) is 2. The molecule has 110 valence electrons. The quantitative estimate of drug-likeness (QED) is 0.838. The van der Waals surface area contributed by atoms with E-state index in [1.165, 1.54) is 12.8 Å². The van der Waals surface area contributed by atoms with Crippen LogP contribution >= 0.6 is 0 Å². The second-order valence-electron chi connectivity index (χ2n) is 5.65. The van der Waals surface area contributed by atoms with Crippen molar-refractivity contribution >= 4 is 5.97 Å². The van der Waals surface area contributed by atoms with Gasteiger partial charge < -0.3 is 9.84 Å². The largest absolute Gasteiger partial charge is 0.491 e. The van der Waals surface area contributed by atoms with Gasteiger partial charge in [0, 0.05) is 6.04 Å². The molecule has 0 bridgehead atoms. The van der Waals surface area contributed by atoms with Crippen LogP contribution in [0.3, 0.4) is 0 Å². The SMILES string of the molecule is CC(C)Oc1ccc(C(NC2CCCC2)C(=O)O)cc1. The molecular weight excluding hydrogens is 254 g/mol. The zero-order valence-electron chi connectivity index (χ0n) is 12.1. The fraction of sp³-hybridized carbons (Fsp3) is 0.562. The van der Waals surface area contributed by atoms with E-state index in [1.54, 1.807) is 0 Å². The molecule has 20 heavy (non-hydrogen) atoms. The highest BCUT2D eigenvalue weighted by Crippen LogP contribution is 2.24. The van der Waals surface area contributed by atoms with Crippen molar-refractivity contribution in [3.8, 4) is 5.75 Å². The van der Waals surface area contributed by atoms with Crippen molar-refractivity contribution in [1.82, 2.24) is 5.32 Å². The maximum absolute atomic E-state index is 11.5. The molecule has 0 heterocycles. The van der Waals surface area contributed by atoms with E-state index < -0.39 is 12.0 Å². The molecule has 1 aromatic rings. The van der Waals surface area contributed by atoms with Gasteiger partial charge in [0.1, 0.15) is 11.8 Å². The Hall–Kier alpha value is -1.55. The van der Waals surface area contributed by atoms with Gasteiger partial charge >= 0.3 is 5.97 Å². The number of carbonyl (C=O) groups is 1. The van der Waals surface area contributed by atoms with E-state index >= 15 is 0 Å². The monoisotopic (exact) mass is 277 g/mol. The molecule has 0 aliphatic heterocycles. The standard InChI is InChI=1S/C16H23NO3/c1-11(2)20-14-9-7-12(8-10-14)15(16(18)19)17-13-5-3-4-6-13/h7-11,13,15,17H,3-6H2,1-2H3,(H,18,19). The summed E-state index contributed by atoms with van der Waals surface area (Å²) >= 11 is 0. The minimum Gasteiger partial charge on any atom is -0.491 e. The van der Waals surface area contributed by atoms with Crippen LogP contribution in [0.4, 0.5) is 0 Å². The van der Waals surface area contributed by atoms with Crippen molar-refractivity contribution in [3.05, 3.63) is 29.8 Å². The molecule has 2 rings (SSSR count). The van der Waals surface area contributed by atoms with Gasteiger partial charge in [0.15, 0.2) is 0 Å². The summed E-state index contributed by atoms with van der Waals surface area (Å²) in [5, 5.41) is 12.7. The van der Waals surface area contributed by atoms with E-state index in [1.807, 2.05) is 38.1 Å². The zero-order valence-corrected chi connectivity index (χ0v) is 12.1. The lowest BCUT2D eigenvalue weighted by molar-refractivity contribution is -0.139. The van der Waals surface area contributed by atoms with Crippen LogP contribution in [0.25, 0.3) is 0 Å².